The standard InChI is InChI=1S/C18H20N4O/c1-11(2)14-6-16(12(3)17(23)7-14)22-10-15(9-21-22)13-4-5-18(19)20-8-13/h4-5,8-10,14H,1,6-7H2,2-3H3,(H2,19,20). The SMILES string of the molecule is C=C(C)C1CC(=O)C(C)=C(n2cc(-c3ccc(N)nc3)cn2)C1. The number of nitrogens with two attached hydrogens (primary N) is 1. The molecule has 0 bridgehead atoms. The van der Waals surface area contributed by atoms with Crippen molar-refractivity contribution in [1.82, 2.24) is 14.8 Å². The van der Waals surface area contributed by atoms with Crippen molar-refractivity contribution in [2.75, 3.05) is 5.73 Å². The van der Waals surface area contributed by atoms with Crippen molar-refractivity contribution in [2.24, 2.45) is 5.92 Å². The van der Waals surface area contributed by atoms with Crippen molar-refractivity contribution < 1.29 is 4.79 Å². The molecule has 0 radical (unpaired) electrons. The maximum atomic E-state index is 12.2. The number of Topliss-reactive ketones (excluding diaryl/α,β-unsaturated/α-hetero) is 1. The van der Waals surface area contributed by atoms with Crippen LogP contribution in [0.3, 0.4) is 0 Å². The normalized spacial score (nSPS) is 18.3. The molecule has 2 heterocycles. The van der Waals surface area contributed by atoms with Gasteiger partial charge in [-0.2, -0.15) is 5.10 Å². The van der Waals surface area contributed by atoms with Crippen LogP contribution in [0.15, 0.2) is 48.4 Å². The fraction of sp³-hybridized carbons (Fsp3) is 0.278. The number of carbonyl (C=O) groups excluding carboxylic acids is 1. The van der Waals surface area contributed by atoms with Crippen molar-refractivity contribution in [3.05, 3.63) is 48.4 Å². The largest absolute Gasteiger partial charge is 0.384 e. The third kappa shape index (κ3) is 2.95. The van der Waals surface area contributed by atoms with Crippen LogP contribution in [0.2, 0.25) is 0 Å². The van der Waals surface area contributed by atoms with E-state index in [1.807, 2.05) is 26.1 Å². The van der Waals surface area contributed by atoms with Crippen molar-refractivity contribution in [3.63, 3.8) is 0 Å². The molecule has 5 nitrogen and oxygen atoms in total. The fourth-order valence-corrected chi connectivity index (χ4v) is 2.81. The van der Waals surface area contributed by atoms with Crippen LogP contribution in [-0.4, -0.2) is 20.5 Å². The molecule has 0 fully saturated rings. The van der Waals surface area contributed by atoms with Crippen LogP contribution in [0.25, 0.3) is 16.8 Å². The van der Waals surface area contributed by atoms with Gasteiger partial charge in [-0.25, -0.2) is 9.67 Å². The maximum Gasteiger partial charge on any atom is 0.161 e. The van der Waals surface area contributed by atoms with Gasteiger partial charge >= 0.3 is 0 Å². The topological polar surface area (TPSA) is 73.8 Å². The van der Waals surface area contributed by atoms with Crippen molar-refractivity contribution in [3.8, 4) is 11.1 Å². The zero-order chi connectivity index (χ0) is 16.6. The third-order valence-electron chi connectivity index (χ3n) is 4.40. The highest BCUT2D eigenvalue weighted by molar-refractivity contribution is 6.01. The Morgan fingerprint density at radius 2 is 2.09 bits per heavy atom. The molecule has 5 heteroatoms. The average Bonchev–Trinajstić information content (AvgIpc) is 3.00. The van der Waals surface area contributed by atoms with Crippen LogP contribution in [0.4, 0.5) is 5.82 Å². The van der Waals surface area contributed by atoms with Gasteiger partial charge in [0.2, 0.25) is 0 Å². The van der Waals surface area contributed by atoms with E-state index in [9.17, 15) is 4.79 Å². The summed E-state index contributed by atoms with van der Waals surface area (Å²) in [7, 11) is 0. The summed E-state index contributed by atoms with van der Waals surface area (Å²) in [5.41, 5.74) is 10.3. The Morgan fingerprint density at radius 1 is 1.30 bits per heavy atom. The van der Waals surface area contributed by atoms with Gasteiger partial charge in [0.25, 0.3) is 0 Å². The molecule has 1 aliphatic rings. The summed E-state index contributed by atoms with van der Waals surface area (Å²) in [5, 5.41) is 4.44. The van der Waals surface area contributed by atoms with Crippen LogP contribution in [0.1, 0.15) is 26.7 Å². The molecule has 0 saturated carbocycles. The van der Waals surface area contributed by atoms with E-state index in [1.54, 1.807) is 23.1 Å². The Hall–Kier alpha value is -2.69. The first-order valence-electron chi connectivity index (χ1n) is 7.61. The minimum absolute atomic E-state index is 0.172. The number of allylic oxidation sites excluding steroid dienone is 3. The van der Waals surface area contributed by atoms with E-state index < -0.39 is 0 Å². The van der Waals surface area contributed by atoms with Crippen LogP contribution < -0.4 is 5.73 Å². The maximum absolute atomic E-state index is 12.2. The number of carbonyl (C=O) groups is 1. The molecule has 23 heavy (non-hydrogen) atoms. The molecule has 2 aromatic heterocycles. The molecule has 0 aromatic carbocycles. The van der Waals surface area contributed by atoms with Crippen LogP contribution in [0.5, 0.6) is 0 Å². The third-order valence-corrected chi connectivity index (χ3v) is 4.40. The molecular weight excluding hydrogens is 288 g/mol. The zero-order valence-corrected chi connectivity index (χ0v) is 13.4. The minimum Gasteiger partial charge on any atom is -0.384 e. The Bertz CT molecular complexity index is 799. The number of anilines is 1. The Labute approximate surface area is 135 Å². The lowest BCUT2D eigenvalue weighted by Gasteiger charge is -2.25. The molecule has 2 aromatic rings. The molecule has 3 rings (SSSR count). The first-order chi connectivity index (χ1) is 11.0. The lowest BCUT2D eigenvalue weighted by Crippen LogP contribution is -2.21. The molecule has 2 N–H and O–H groups in total. The summed E-state index contributed by atoms with van der Waals surface area (Å²) in [4.78, 5) is 16.3. The highest BCUT2D eigenvalue weighted by atomic mass is 16.1. The van der Waals surface area contributed by atoms with E-state index in [0.29, 0.717) is 12.2 Å². The molecule has 1 atom stereocenters. The summed E-state index contributed by atoms with van der Waals surface area (Å²) >= 11 is 0. The van der Waals surface area contributed by atoms with E-state index in [0.717, 1.165) is 34.4 Å². The van der Waals surface area contributed by atoms with Gasteiger partial charge < -0.3 is 5.73 Å². The Kier molecular flexibility index (Phi) is 3.86. The summed E-state index contributed by atoms with van der Waals surface area (Å²) in [6.45, 7) is 7.85. The second-order valence-electron chi connectivity index (χ2n) is 6.09. The number of hydrogen-bond acceptors (Lipinski definition) is 4. The molecule has 0 aliphatic heterocycles. The van der Waals surface area contributed by atoms with E-state index in [4.69, 9.17) is 5.73 Å². The van der Waals surface area contributed by atoms with Gasteiger partial charge in [-0.1, -0.05) is 12.2 Å². The summed E-state index contributed by atoms with van der Waals surface area (Å²) in [5.74, 6) is 0.847. The Morgan fingerprint density at radius 3 is 2.74 bits per heavy atom. The zero-order valence-electron chi connectivity index (χ0n) is 13.4. The number of nitrogens with zero attached hydrogens (tertiary/aromatic N) is 3. The summed E-state index contributed by atoms with van der Waals surface area (Å²) in [6, 6.07) is 3.67. The molecule has 0 saturated heterocycles. The number of pyridine rings is 1. The number of hydrogen-bond donors (Lipinski definition) is 1. The molecule has 118 valence electrons. The number of nitrogen functional groups attached to an aromatic ring is 1. The van der Waals surface area contributed by atoms with Crippen molar-refractivity contribution >= 4 is 17.3 Å². The van der Waals surface area contributed by atoms with Gasteiger partial charge in [-0.3, -0.25) is 4.79 Å². The lowest BCUT2D eigenvalue weighted by atomic mass is 9.83. The van der Waals surface area contributed by atoms with Crippen LogP contribution in [0, 0.1) is 5.92 Å². The quantitative estimate of drug-likeness (QED) is 0.883. The first kappa shape index (κ1) is 15.2. The average molecular weight is 308 g/mol. The fourth-order valence-electron chi connectivity index (χ4n) is 2.81. The monoisotopic (exact) mass is 308 g/mol. The van der Waals surface area contributed by atoms with E-state index in [1.165, 1.54) is 0 Å². The first-order valence-corrected chi connectivity index (χ1v) is 7.61. The molecular formula is C18H20N4O. The number of aromatic nitrogens is 3. The second kappa shape index (κ2) is 5.83. The highest BCUT2D eigenvalue weighted by Crippen LogP contribution is 2.34. The second-order valence-corrected chi connectivity index (χ2v) is 6.09. The highest BCUT2D eigenvalue weighted by Gasteiger charge is 2.27. The Balaban J connectivity index is 1.95. The predicted octanol–water partition coefficient (Wildman–Crippen LogP) is 3.31. The van der Waals surface area contributed by atoms with Gasteiger partial charge in [-0.15, -0.1) is 0 Å². The smallest absolute Gasteiger partial charge is 0.161 e. The van der Waals surface area contributed by atoms with Gasteiger partial charge in [-0.05, 0) is 38.3 Å². The number of rotatable bonds is 3. The van der Waals surface area contributed by atoms with Crippen LogP contribution in [-0.2, 0) is 4.79 Å². The van der Waals surface area contributed by atoms with Gasteiger partial charge in [0.1, 0.15) is 5.82 Å². The molecule has 0 spiro atoms. The molecule has 1 aliphatic carbocycles. The van der Waals surface area contributed by atoms with Gasteiger partial charge in [0, 0.05) is 41.2 Å². The summed E-state index contributed by atoms with van der Waals surface area (Å²) < 4.78 is 1.80. The minimum atomic E-state index is 0.172. The number of ketones is 1. The van der Waals surface area contributed by atoms with Crippen molar-refractivity contribution in [2.45, 2.75) is 26.7 Å². The molecule has 0 amide bonds. The van der Waals surface area contributed by atoms with E-state index in [2.05, 4.69) is 16.7 Å². The summed E-state index contributed by atoms with van der Waals surface area (Å²) in [6.07, 6.45) is 6.76. The van der Waals surface area contributed by atoms with Crippen molar-refractivity contribution in [1.29, 1.82) is 0 Å². The van der Waals surface area contributed by atoms with E-state index in [-0.39, 0.29) is 11.7 Å². The van der Waals surface area contributed by atoms with Crippen LogP contribution >= 0.6 is 0 Å². The van der Waals surface area contributed by atoms with Gasteiger partial charge in [0.15, 0.2) is 5.78 Å². The van der Waals surface area contributed by atoms with E-state index >= 15 is 0 Å². The predicted molar refractivity (Wildman–Crippen MR) is 91.3 cm³/mol. The van der Waals surface area contributed by atoms with Gasteiger partial charge in [0.05, 0.1) is 6.20 Å². The molecule has 1 unspecified atom stereocenters. The lowest BCUT2D eigenvalue weighted by molar-refractivity contribution is -0.116.